The summed E-state index contributed by atoms with van der Waals surface area (Å²) in [4.78, 5) is 11.6. The second-order valence-corrected chi connectivity index (χ2v) is 5.97. The average molecular weight is 387 g/mol. The number of nitrogens with zero attached hydrogens (tertiary/aromatic N) is 1. The second-order valence-electron chi connectivity index (χ2n) is 4.81. The van der Waals surface area contributed by atoms with Gasteiger partial charge in [0.2, 0.25) is 0 Å². The van der Waals surface area contributed by atoms with E-state index in [1.165, 1.54) is 6.07 Å². The Bertz CT molecular complexity index is 501. The molecule has 0 aromatic heterocycles. The quantitative estimate of drug-likeness (QED) is 0.579. The Balaban J connectivity index is 2.54. The monoisotopic (exact) mass is 387 g/mol. The van der Waals surface area contributed by atoms with Crippen LogP contribution in [0.15, 0.2) is 12.1 Å². The molecule has 1 aromatic carbocycles. The minimum absolute atomic E-state index is 0.0792. The third-order valence-corrected chi connectivity index (χ3v) is 3.39. The maximum absolute atomic E-state index is 11.6. The predicted octanol–water partition coefficient (Wildman–Crippen LogP) is 2.29. The first-order valence-corrected chi connectivity index (χ1v) is 7.40. The zero-order valence-corrected chi connectivity index (χ0v) is 13.7. The van der Waals surface area contributed by atoms with Crippen molar-refractivity contribution >= 4 is 34.2 Å². The van der Waals surface area contributed by atoms with Crippen LogP contribution in [0.1, 0.15) is 25.8 Å². The SMILES string of the molecule is CC(C)CCNC(=O)COc1c(N)cc(C#N)cc1I. The van der Waals surface area contributed by atoms with Gasteiger partial charge in [0, 0.05) is 6.54 Å². The largest absolute Gasteiger partial charge is 0.480 e. The maximum Gasteiger partial charge on any atom is 0.257 e. The molecule has 5 nitrogen and oxygen atoms in total. The fourth-order valence-corrected chi connectivity index (χ4v) is 2.32. The highest BCUT2D eigenvalue weighted by molar-refractivity contribution is 14.1. The highest BCUT2D eigenvalue weighted by Crippen LogP contribution is 2.29. The minimum Gasteiger partial charge on any atom is -0.480 e. The lowest BCUT2D eigenvalue weighted by Gasteiger charge is -2.12. The number of halogens is 1. The van der Waals surface area contributed by atoms with Crippen LogP contribution in [0.2, 0.25) is 0 Å². The molecule has 0 saturated carbocycles. The normalized spacial score (nSPS) is 10.2. The van der Waals surface area contributed by atoms with E-state index in [-0.39, 0.29) is 12.5 Å². The van der Waals surface area contributed by atoms with E-state index in [1.807, 2.05) is 28.7 Å². The van der Waals surface area contributed by atoms with Crippen LogP contribution in [-0.4, -0.2) is 19.1 Å². The number of nitrogen functional groups attached to an aromatic ring is 1. The van der Waals surface area contributed by atoms with Crippen LogP contribution in [0, 0.1) is 20.8 Å². The Hall–Kier alpha value is -1.49. The number of hydrogen-bond donors (Lipinski definition) is 2. The molecule has 0 radical (unpaired) electrons. The average Bonchev–Trinajstić information content (AvgIpc) is 2.36. The molecule has 0 aliphatic carbocycles. The molecule has 0 heterocycles. The van der Waals surface area contributed by atoms with Gasteiger partial charge in [-0.15, -0.1) is 0 Å². The minimum atomic E-state index is -0.176. The van der Waals surface area contributed by atoms with Gasteiger partial charge in [0.15, 0.2) is 12.4 Å². The van der Waals surface area contributed by atoms with E-state index < -0.39 is 0 Å². The maximum atomic E-state index is 11.6. The van der Waals surface area contributed by atoms with Crippen molar-refractivity contribution in [2.45, 2.75) is 20.3 Å². The molecule has 108 valence electrons. The van der Waals surface area contributed by atoms with Crippen molar-refractivity contribution in [3.05, 3.63) is 21.3 Å². The summed E-state index contributed by atoms with van der Waals surface area (Å²) in [5.41, 5.74) is 6.65. The Morgan fingerprint density at radius 2 is 2.25 bits per heavy atom. The first-order valence-electron chi connectivity index (χ1n) is 6.32. The van der Waals surface area contributed by atoms with Crippen LogP contribution in [0.4, 0.5) is 5.69 Å². The van der Waals surface area contributed by atoms with Crippen molar-refractivity contribution in [2.75, 3.05) is 18.9 Å². The number of carbonyl (C=O) groups excluding carboxylic acids is 1. The summed E-state index contributed by atoms with van der Waals surface area (Å²) in [6, 6.07) is 5.22. The number of anilines is 1. The van der Waals surface area contributed by atoms with Crippen LogP contribution in [0.3, 0.4) is 0 Å². The Labute approximate surface area is 132 Å². The fourth-order valence-electron chi connectivity index (χ4n) is 1.52. The molecule has 6 heteroatoms. The van der Waals surface area contributed by atoms with E-state index in [1.54, 1.807) is 6.07 Å². The van der Waals surface area contributed by atoms with Crippen molar-refractivity contribution in [1.29, 1.82) is 5.26 Å². The summed E-state index contributed by atoms with van der Waals surface area (Å²) < 4.78 is 6.15. The number of nitrogens with one attached hydrogen (secondary N) is 1. The van der Waals surface area contributed by atoms with Crippen molar-refractivity contribution in [3.8, 4) is 11.8 Å². The second kappa shape index (κ2) is 7.94. The summed E-state index contributed by atoms with van der Waals surface area (Å²) in [5, 5.41) is 11.6. The zero-order chi connectivity index (χ0) is 15.1. The molecule has 1 aromatic rings. The summed E-state index contributed by atoms with van der Waals surface area (Å²) in [7, 11) is 0. The van der Waals surface area contributed by atoms with Crippen LogP contribution < -0.4 is 15.8 Å². The van der Waals surface area contributed by atoms with E-state index in [0.717, 1.165) is 6.42 Å². The molecule has 0 bridgehead atoms. The van der Waals surface area contributed by atoms with Crippen LogP contribution >= 0.6 is 22.6 Å². The number of nitriles is 1. The molecule has 3 N–H and O–H groups in total. The number of hydrogen-bond acceptors (Lipinski definition) is 4. The number of carbonyl (C=O) groups is 1. The molecule has 1 amide bonds. The van der Waals surface area contributed by atoms with E-state index in [2.05, 4.69) is 19.2 Å². The predicted molar refractivity (Wildman–Crippen MR) is 86.2 cm³/mol. The van der Waals surface area contributed by atoms with Gasteiger partial charge in [-0.1, -0.05) is 13.8 Å². The van der Waals surface area contributed by atoms with E-state index in [4.69, 9.17) is 15.7 Å². The van der Waals surface area contributed by atoms with Gasteiger partial charge in [0.25, 0.3) is 5.91 Å². The molecule has 0 aliphatic rings. The Morgan fingerprint density at radius 3 is 2.80 bits per heavy atom. The molecular formula is C14H18IN3O2. The lowest BCUT2D eigenvalue weighted by atomic mass is 10.1. The van der Waals surface area contributed by atoms with Crippen LogP contribution in [0.5, 0.6) is 5.75 Å². The van der Waals surface area contributed by atoms with E-state index in [9.17, 15) is 4.79 Å². The lowest BCUT2D eigenvalue weighted by molar-refractivity contribution is -0.123. The number of amides is 1. The van der Waals surface area contributed by atoms with Gasteiger partial charge in [0.1, 0.15) is 0 Å². The molecule has 0 spiro atoms. The Morgan fingerprint density at radius 1 is 1.55 bits per heavy atom. The van der Waals surface area contributed by atoms with Crippen LogP contribution in [0.25, 0.3) is 0 Å². The van der Waals surface area contributed by atoms with E-state index in [0.29, 0.717) is 33.0 Å². The summed E-state index contributed by atoms with van der Waals surface area (Å²) in [6.45, 7) is 4.76. The summed E-state index contributed by atoms with van der Waals surface area (Å²) in [6.07, 6.45) is 0.933. The standard InChI is InChI=1S/C14H18IN3O2/c1-9(2)3-4-18-13(19)8-20-14-11(15)5-10(7-16)6-12(14)17/h5-6,9H,3-4,8,17H2,1-2H3,(H,18,19). The molecule has 1 rings (SSSR count). The van der Waals surface area contributed by atoms with Crippen molar-refractivity contribution in [1.82, 2.24) is 5.32 Å². The van der Waals surface area contributed by atoms with Gasteiger partial charge < -0.3 is 15.8 Å². The third kappa shape index (κ3) is 5.25. The number of benzene rings is 1. The first kappa shape index (κ1) is 16.6. The topological polar surface area (TPSA) is 88.1 Å². The van der Waals surface area contributed by atoms with Gasteiger partial charge in [-0.2, -0.15) is 5.26 Å². The molecule has 0 fully saturated rings. The van der Waals surface area contributed by atoms with Gasteiger partial charge in [-0.3, -0.25) is 4.79 Å². The van der Waals surface area contributed by atoms with Crippen molar-refractivity contribution in [2.24, 2.45) is 5.92 Å². The van der Waals surface area contributed by atoms with Gasteiger partial charge in [-0.05, 0) is 47.1 Å². The molecule has 0 unspecified atom stereocenters. The highest BCUT2D eigenvalue weighted by atomic mass is 127. The number of ether oxygens (including phenoxy) is 1. The number of nitrogens with two attached hydrogens (primary N) is 1. The fraction of sp³-hybridized carbons (Fsp3) is 0.429. The zero-order valence-electron chi connectivity index (χ0n) is 11.6. The Kier molecular flexibility index (Phi) is 6.58. The first-order chi connectivity index (χ1) is 9.43. The van der Waals surface area contributed by atoms with E-state index >= 15 is 0 Å². The molecule has 0 saturated heterocycles. The van der Waals surface area contributed by atoms with Gasteiger partial charge >= 0.3 is 0 Å². The molecular weight excluding hydrogens is 369 g/mol. The molecule has 0 atom stereocenters. The lowest BCUT2D eigenvalue weighted by Crippen LogP contribution is -2.30. The molecule has 20 heavy (non-hydrogen) atoms. The summed E-state index contributed by atoms with van der Waals surface area (Å²) >= 11 is 2.03. The van der Waals surface area contributed by atoms with Crippen LogP contribution in [-0.2, 0) is 4.79 Å². The third-order valence-electron chi connectivity index (χ3n) is 2.59. The van der Waals surface area contributed by atoms with Crippen molar-refractivity contribution in [3.63, 3.8) is 0 Å². The highest BCUT2D eigenvalue weighted by Gasteiger charge is 2.10. The molecule has 0 aliphatic heterocycles. The number of rotatable bonds is 6. The van der Waals surface area contributed by atoms with Gasteiger partial charge in [0.05, 0.1) is 20.9 Å². The van der Waals surface area contributed by atoms with Crippen molar-refractivity contribution < 1.29 is 9.53 Å². The summed E-state index contributed by atoms with van der Waals surface area (Å²) in [5.74, 6) is 0.820. The van der Waals surface area contributed by atoms with Gasteiger partial charge in [-0.25, -0.2) is 0 Å². The smallest absolute Gasteiger partial charge is 0.257 e.